The van der Waals surface area contributed by atoms with E-state index >= 15 is 0 Å². The topological polar surface area (TPSA) is 6.48 Å². The SMILES string of the molecule is S=CN(CSSSSCN(C=S)c1ccccc1)c1ccccc1. The van der Waals surface area contributed by atoms with E-state index in [-0.39, 0.29) is 0 Å². The summed E-state index contributed by atoms with van der Waals surface area (Å²) in [4.78, 5) is 4.12. The summed E-state index contributed by atoms with van der Waals surface area (Å²) >= 11 is 10.2. The first-order valence-corrected chi connectivity index (χ1v) is 13.1. The molecule has 0 atom stereocenters. The van der Waals surface area contributed by atoms with Crippen LogP contribution in [-0.4, -0.2) is 22.7 Å². The molecule has 2 rings (SSSR count). The van der Waals surface area contributed by atoms with Gasteiger partial charge in [-0.05, 0) is 43.9 Å². The second-order valence-corrected chi connectivity index (χ2v) is 10.8. The Labute approximate surface area is 169 Å². The van der Waals surface area contributed by atoms with E-state index < -0.39 is 0 Å². The van der Waals surface area contributed by atoms with Gasteiger partial charge in [0, 0.05) is 11.4 Å². The van der Waals surface area contributed by atoms with Gasteiger partial charge in [-0.15, -0.1) is 0 Å². The van der Waals surface area contributed by atoms with Crippen molar-refractivity contribution in [1.29, 1.82) is 0 Å². The van der Waals surface area contributed by atoms with Crippen molar-refractivity contribution in [2.45, 2.75) is 0 Å². The predicted molar refractivity (Wildman–Crippen MR) is 125 cm³/mol. The van der Waals surface area contributed by atoms with Crippen LogP contribution in [0.2, 0.25) is 0 Å². The Morgan fingerprint density at radius 2 is 1.04 bits per heavy atom. The largest absolute Gasteiger partial charge is 0.328 e. The molecule has 0 spiro atoms. The molecule has 0 aromatic heterocycles. The molecule has 0 saturated carbocycles. The van der Waals surface area contributed by atoms with Crippen LogP contribution in [0.15, 0.2) is 60.7 Å². The summed E-state index contributed by atoms with van der Waals surface area (Å²) in [6, 6.07) is 20.3. The average Bonchev–Trinajstić information content (AvgIpc) is 2.66. The van der Waals surface area contributed by atoms with E-state index in [1.54, 1.807) is 52.2 Å². The molecule has 0 amide bonds. The minimum Gasteiger partial charge on any atom is -0.328 e. The van der Waals surface area contributed by atoms with Crippen molar-refractivity contribution in [2.24, 2.45) is 0 Å². The van der Waals surface area contributed by atoms with Crippen LogP contribution < -0.4 is 9.80 Å². The molecule has 0 bridgehead atoms. The van der Waals surface area contributed by atoms with Crippen molar-refractivity contribution >= 4 is 88.0 Å². The van der Waals surface area contributed by atoms with Gasteiger partial charge in [-0.1, -0.05) is 82.4 Å². The lowest BCUT2D eigenvalue weighted by Crippen LogP contribution is -2.18. The van der Waals surface area contributed by atoms with Gasteiger partial charge >= 0.3 is 0 Å². The number of rotatable bonds is 11. The summed E-state index contributed by atoms with van der Waals surface area (Å²) in [5, 5.41) is 0. The second-order valence-electron chi connectivity index (χ2n) is 4.45. The molecule has 2 aromatic rings. The number of hydrogen-bond donors (Lipinski definition) is 0. The molecule has 0 saturated heterocycles. The van der Waals surface area contributed by atoms with Crippen molar-refractivity contribution in [3.05, 3.63) is 60.7 Å². The Morgan fingerprint density at radius 3 is 1.38 bits per heavy atom. The smallest absolute Gasteiger partial charge is 0.0801 e. The molecule has 2 aromatic carbocycles. The average molecular weight is 429 g/mol. The lowest BCUT2D eigenvalue weighted by atomic mass is 10.3. The van der Waals surface area contributed by atoms with Crippen LogP contribution in [0, 0.1) is 0 Å². The highest BCUT2D eigenvalue weighted by molar-refractivity contribution is 9.26. The molecule has 2 nitrogen and oxygen atoms in total. The number of para-hydroxylation sites is 2. The van der Waals surface area contributed by atoms with E-state index in [0.29, 0.717) is 0 Å². The van der Waals surface area contributed by atoms with Crippen LogP contribution in [0.4, 0.5) is 11.4 Å². The Hall–Kier alpha value is -0.380. The van der Waals surface area contributed by atoms with Gasteiger partial charge in [-0.25, -0.2) is 0 Å². The summed E-state index contributed by atoms with van der Waals surface area (Å²) < 4.78 is 0. The maximum absolute atomic E-state index is 5.10. The quantitative estimate of drug-likeness (QED) is 0.171. The van der Waals surface area contributed by atoms with Crippen molar-refractivity contribution < 1.29 is 0 Å². The van der Waals surface area contributed by atoms with E-state index in [4.69, 9.17) is 24.4 Å². The Kier molecular flexibility index (Phi) is 10.0. The van der Waals surface area contributed by atoms with Gasteiger partial charge in [0.25, 0.3) is 0 Å². The molecule has 126 valence electrons. The minimum atomic E-state index is 0.821. The van der Waals surface area contributed by atoms with Gasteiger partial charge < -0.3 is 9.80 Å². The minimum absolute atomic E-state index is 0.821. The van der Waals surface area contributed by atoms with Crippen molar-refractivity contribution in [1.82, 2.24) is 0 Å². The molecule has 0 fully saturated rings. The first-order chi connectivity index (χ1) is 11.8. The molecular weight excluding hydrogens is 413 g/mol. The van der Waals surface area contributed by atoms with Crippen LogP contribution >= 0.6 is 65.7 Å². The fraction of sp³-hybridized carbons (Fsp3) is 0.125. The highest BCUT2D eigenvalue weighted by Gasteiger charge is 2.05. The Balaban J connectivity index is 1.66. The molecule has 0 heterocycles. The molecule has 0 aliphatic heterocycles. The van der Waals surface area contributed by atoms with E-state index in [1.165, 1.54) is 0 Å². The van der Waals surface area contributed by atoms with Crippen LogP contribution in [-0.2, 0) is 0 Å². The van der Waals surface area contributed by atoms with Gasteiger partial charge in [-0.3, -0.25) is 0 Å². The van der Waals surface area contributed by atoms with Crippen LogP contribution in [0.1, 0.15) is 0 Å². The summed E-state index contributed by atoms with van der Waals surface area (Å²) in [7, 11) is 7.04. The fourth-order valence-corrected chi connectivity index (χ4v) is 7.96. The monoisotopic (exact) mass is 428 g/mol. The molecule has 0 radical (unpaired) electrons. The van der Waals surface area contributed by atoms with Crippen molar-refractivity contribution in [3.8, 4) is 0 Å². The molecule has 0 unspecified atom stereocenters. The van der Waals surface area contributed by atoms with Crippen molar-refractivity contribution in [3.63, 3.8) is 0 Å². The summed E-state index contributed by atoms with van der Waals surface area (Å²) in [6.07, 6.45) is 0. The predicted octanol–water partition coefficient (Wildman–Crippen LogP) is 6.51. The normalized spacial score (nSPS) is 10.2. The number of hydrogen-bond acceptors (Lipinski definition) is 6. The highest BCUT2D eigenvalue weighted by Crippen LogP contribution is 2.43. The van der Waals surface area contributed by atoms with Gasteiger partial charge in [0.15, 0.2) is 0 Å². The highest BCUT2D eigenvalue weighted by atomic mass is 33.7. The van der Waals surface area contributed by atoms with Gasteiger partial charge in [-0.2, -0.15) is 0 Å². The van der Waals surface area contributed by atoms with Gasteiger partial charge in [0.05, 0.1) is 22.7 Å². The zero-order valence-corrected chi connectivity index (χ0v) is 17.6. The van der Waals surface area contributed by atoms with E-state index in [1.807, 2.05) is 36.4 Å². The third-order valence-corrected chi connectivity index (χ3v) is 9.57. The van der Waals surface area contributed by atoms with Crippen molar-refractivity contribution in [2.75, 3.05) is 21.6 Å². The number of nitrogens with zero attached hydrogens (tertiary/aromatic N) is 2. The van der Waals surface area contributed by atoms with Crippen LogP contribution in [0.5, 0.6) is 0 Å². The second kappa shape index (κ2) is 12.1. The molecular formula is C16H16N2S6. The molecule has 8 heteroatoms. The molecule has 24 heavy (non-hydrogen) atoms. The zero-order chi connectivity index (χ0) is 17.0. The molecule has 0 N–H and O–H groups in total. The summed E-state index contributed by atoms with van der Waals surface area (Å²) in [5.74, 6) is 1.64. The first kappa shape index (κ1) is 19.9. The number of benzene rings is 2. The molecule has 0 aliphatic carbocycles. The van der Waals surface area contributed by atoms with Crippen LogP contribution in [0.3, 0.4) is 0 Å². The third kappa shape index (κ3) is 6.85. The first-order valence-electron chi connectivity index (χ1n) is 6.97. The lowest BCUT2D eigenvalue weighted by molar-refractivity contribution is 1.28. The lowest BCUT2D eigenvalue weighted by Gasteiger charge is -2.19. The standard InChI is InChI=1S/C16H16N2S6/c19-11-17(15-7-3-1-4-8-15)13-21-23-24-22-14-18(12-20)16-9-5-2-6-10-16/h1-12H,13-14H2. The van der Waals surface area contributed by atoms with Gasteiger partial charge in [0.1, 0.15) is 0 Å². The zero-order valence-electron chi connectivity index (χ0n) is 12.7. The van der Waals surface area contributed by atoms with Gasteiger partial charge in [0.2, 0.25) is 0 Å². The van der Waals surface area contributed by atoms with Crippen LogP contribution in [0.25, 0.3) is 0 Å². The number of thiocarbonyl (C=S) groups is 2. The summed E-state index contributed by atoms with van der Waals surface area (Å²) in [5.41, 5.74) is 5.64. The number of anilines is 2. The Bertz CT molecular complexity index is 555. The third-order valence-electron chi connectivity index (χ3n) is 2.94. The van der Waals surface area contributed by atoms with E-state index in [9.17, 15) is 0 Å². The maximum atomic E-state index is 5.10. The van der Waals surface area contributed by atoms with E-state index in [0.717, 1.165) is 23.1 Å². The Morgan fingerprint density at radius 1 is 0.667 bits per heavy atom. The van der Waals surface area contributed by atoms with E-state index in [2.05, 4.69) is 34.1 Å². The fourth-order valence-electron chi connectivity index (χ4n) is 1.77. The molecule has 0 aliphatic rings. The summed E-state index contributed by atoms with van der Waals surface area (Å²) in [6.45, 7) is 0. The maximum Gasteiger partial charge on any atom is 0.0801 e.